The van der Waals surface area contributed by atoms with Gasteiger partial charge in [0, 0.05) is 11.3 Å². The topological polar surface area (TPSA) is 66.7 Å². The Kier molecular flexibility index (Phi) is 4.24. The highest BCUT2D eigenvalue weighted by Crippen LogP contribution is 2.28. The van der Waals surface area contributed by atoms with Gasteiger partial charge in [0.1, 0.15) is 12.6 Å². The van der Waals surface area contributed by atoms with Crippen LogP contribution in [0.15, 0.2) is 65.2 Å². The van der Waals surface area contributed by atoms with Gasteiger partial charge in [-0.25, -0.2) is 9.78 Å². The van der Waals surface area contributed by atoms with Crippen LogP contribution < -0.4 is 4.90 Å². The fourth-order valence-corrected chi connectivity index (χ4v) is 3.17. The summed E-state index contributed by atoms with van der Waals surface area (Å²) in [6.45, 7) is 3.71. The summed E-state index contributed by atoms with van der Waals surface area (Å²) in [6.07, 6.45) is 1.61. The van der Waals surface area contributed by atoms with Crippen LogP contribution >= 0.6 is 0 Å². The third kappa shape index (κ3) is 3.10. The van der Waals surface area contributed by atoms with Crippen LogP contribution in [0.25, 0.3) is 11.3 Å². The minimum Gasteiger partial charge on any atom is -0.439 e. The maximum atomic E-state index is 12.9. The highest BCUT2D eigenvalue weighted by atomic mass is 16.4. The van der Waals surface area contributed by atoms with Gasteiger partial charge in [-0.3, -0.25) is 14.6 Å². The summed E-state index contributed by atoms with van der Waals surface area (Å²) in [5, 5.41) is 0. The number of anilines is 1. The second-order valence-corrected chi connectivity index (χ2v) is 6.57. The maximum Gasteiger partial charge on any atom is 0.332 e. The second kappa shape index (κ2) is 6.72. The molecule has 2 aromatic carbocycles. The van der Waals surface area contributed by atoms with Gasteiger partial charge in [0.05, 0.1) is 6.20 Å². The molecular formula is C21H19N3O3. The Bertz CT molecular complexity index is 979. The van der Waals surface area contributed by atoms with E-state index in [1.807, 2.05) is 61.5 Å². The number of rotatable bonds is 4. The third-order valence-corrected chi connectivity index (χ3v) is 4.67. The van der Waals surface area contributed by atoms with Gasteiger partial charge >= 0.3 is 6.03 Å². The summed E-state index contributed by atoms with van der Waals surface area (Å²) in [5.41, 5.74) is 2.69. The van der Waals surface area contributed by atoms with Gasteiger partial charge in [0.2, 0.25) is 5.89 Å². The number of amides is 3. The first-order chi connectivity index (χ1) is 13.0. The average molecular weight is 361 g/mol. The summed E-state index contributed by atoms with van der Waals surface area (Å²) in [4.78, 5) is 32.4. The Balaban J connectivity index is 1.56. The molecule has 4 rings (SSSR count). The van der Waals surface area contributed by atoms with Crippen LogP contribution in [-0.2, 0) is 11.3 Å². The Morgan fingerprint density at radius 3 is 2.44 bits per heavy atom. The zero-order valence-electron chi connectivity index (χ0n) is 15.1. The van der Waals surface area contributed by atoms with E-state index < -0.39 is 6.04 Å². The van der Waals surface area contributed by atoms with Gasteiger partial charge in [0.25, 0.3) is 5.91 Å². The van der Waals surface area contributed by atoms with Crippen LogP contribution in [0.1, 0.15) is 18.4 Å². The van der Waals surface area contributed by atoms with Crippen molar-refractivity contribution in [3.05, 3.63) is 72.2 Å². The number of hydrogen-bond donors (Lipinski definition) is 0. The Morgan fingerprint density at radius 2 is 1.74 bits per heavy atom. The van der Waals surface area contributed by atoms with E-state index in [4.69, 9.17) is 4.42 Å². The van der Waals surface area contributed by atoms with E-state index in [2.05, 4.69) is 4.98 Å². The molecule has 0 aliphatic carbocycles. The molecule has 1 aromatic heterocycles. The molecule has 1 aliphatic heterocycles. The van der Waals surface area contributed by atoms with Crippen LogP contribution in [0.5, 0.6) is 0 Å². The molecule has 0 unspecified atom stereocenters. The molecule has 1 aliphatic rings. The number of carbonyl (C=O) groups excluding carboxylic acids is 2. The highest BCUT2D eigenvalue weighted by Gasteiger charge is 2.43. The lowest BCUT2D eigenvalue weighted by Crippen LogP contribution is -2.33. The predicted octanol–water partition coefficient (Wildman–Crippen LogP) is 4.01. The smallest absolute Gasteiger partial charge is 0.332 e. The van der Waals surface area contributed by atoms with Crippen molar-refractivity contribution in [2.75, 3.05) is 4.90 Å². The molecule has 136 valence electrons. The minimum absolute atomic E-state index is 0.0111. The number of aryl methyl sites for hydroxylation is 1. The summed E-state index contributed by atoms with van der Waals surface area (Å²) in [6, 6.07) is 16.2. The lowest BCUT2D eigenvalue weighted by molar-refractivity contribution is -0.127. The Hall–Kier alpha value is -3.41. The Morgan fingerprint density at radius 1 is 1.04 bits per heavy atom. The summed E-state index contributed by atoms with van der Waals surface area (Å²) in [7, 11) is 0. The van der Waals surface area contributed by atoms with Crippen molar-refractivity contribution in [2.24, 2.45) is 0 Å². The number of nitrogens with zero attached hydrogens (tertiary/aromatic N) is 3. The number of carbonyl (C=O) groups is 2. The summed E-state index contributed by atoms with van der Waals surface area (Å²) < 4.78 is 5.74. The van der Waals surface area contributed by atoms with E-state index in [9.17, 15) is 9.59 Å². The fourth-order valence-electron chi connectivity index (χ4n) is 3.17. The van der Waals surface area contributed by atoms with Crippen molar-refractivity contribution in [3.63, 3.8) is 0 Å². The van der Waals surface area contributed by atoms with Crippen molar-refractivity contribution in [1.82, 2.24) is 9.88 Å². The largest absolute Gasteiger partial charge is 0.439 e. The molecule has 27 heavy (non-hydrogen) atoms. The predicted molar refractivity (Wildman–Crippen MR) is 101 cm³/mol. The second-order valence-electron chi connectivity index (χ2n) is 6.57. The van der Waals surface area contributed by atoms with Crippen molar-refractivity contribution < 1.29 is 14.0 Å². The van der Waals surface area contributed by atoms with Crippen LogP contribution in [0.2, 0.25) is 0 Å². The number of urea groups is 1. The van der Waals surface area contributed by atoms with E-state index in [0.29, 0.717) is 17.3 Å². The van der Waals surface area contributed by atoms with Crippen LogP contribution in [0.4, 0.5) is 10.5 Å². The van der Waals surface area contributed by atoms with Gasteiger partial charge in [0.15, 0.2) is 5.76 Å². The number of imide groups is 1. The normalized spacial score (nSPS) is 17.0. The van der Waals surface area contributed by atoms with Gasteiger partial charge in [-0.15, -0.1) is 0 Å². The molecule has 0 spiro atoms. The lowest BCUT2D eigenvalue weighted by atomic mass is 10.2. The third-order valence-electron chi connectivity index (χ3n) is 4.67. The molecule has 0 radical (unpaired) electrons. The molecule has 1 atom stereocenters. The Labute approximate surface area is 157 Å². The zero-order valence-corrected chi connectivity index (χ0v) is 15.1. The molecular weight excluding hydrogens is 342 g/mol. The number of oxazole rings is 1. The van der Waals surface area contributed by atoms with Gasteiger partial charge in [-0.2, -0.15) is 0 Å². The molecule has 1 saturated heterocycles. The van der Waals surface area contributed by atoms with Crippen LogP contribution in [0.3, 0.4) is 0 Å². The van der Waals surface area contributed by atoms with E-state index >= 15 is 0 Å². The average Bonchev–Trinajstić information content (AvgIpc) is 3.23. The van der Waals surface area contributed by atoms with Crippen LogP contribution in [-0.4, -0.2) is 27.9 Å². The molecule has 6 nitrogen and oxygen atoms in total. The first-order valence-corrected chi connectivity index (χ1v) is 8.76. The van der Waals surface area contributed by atoms with Crippen molar-refractivity contribution in [2.45, 2.75) is 26.4 Å². The molecule has 0 saturated carbocycles. The van der Waals surface area contributed by atoms with E-state index in [-0.39, 0.29) is 18.5 Å². The quantitative estimate of drug-likeness (QED) is 0.659. The van der Waals surface area contributed by atoms with E-state index in [1.165, 1.54) is 9.80 Å². The number of benzene rings is 2. The molecule has 2 heterocycles. The zero-order chi connectivity index (χ0) is 19.0. The van der Waals surface area contributed by atoms with Crippen molar-refractivity contribution >= 4 is 17.6 Å². The molecule has 3 aromatic rings. The first-order valence-electron chi connectivity index (χ1n) is 8.76. The number of hydrogen-bond acceptors (Lipinski definition) is 4. The van der Waals surface area contributed by atoms with Gasteiger partial charge in [-0.05, 0) is 26.0 Å². The van der Waals surface area contributed by atoms with Crippen molar-refractivity contribution in [1.29, 1.82) is 0 Å². The molecule has 3 amide bonds. The SMILES string of the molecule is Cc1ccc(N2C(=O)N(Cc3ncc(-c4ccccc4)o3)C(=O)[C@@H]2C)cc1. The van der Waals surface area contributed by atoms with Crippen LogP contribution in [0, 0.1) is 6.92 Å². The molecule has 0 N–H and O–H groups in total. The molecule has 6 heteroatoms. The first kappa shape index (κ1) is 17.0. The van der Waals surface area contributed by atoms with E-state index in [0.717, 1.165) is 11.1 Å². The number of aromatic nitrogens is 1. The standard InChI is InChI=1S/C21H19N3O3/c1-14-8-10-17(11-9-14)24-15(2)20(25)23(21(24)26)13-19-22-12-18(27-19)16-6-4-3-5-7-16/h3-12,15H,13H2,1-2H3/t15-/m0/s1. The molecule has 0 bridgehead atoms. The summed E-state index contributed by atoms with van der Waals surface area (Å²) in [5.74, 6) is 0.668. The fraction of sp³-hybridized carbons (Fsp3) is 0.190. The van der Waals surface area contributed by atoms with Gasteiger partial charge in [-0.1, -0.05) is 48.0 Å². The lowest BCUT2D eigenvalue weighted by Gasteiger charge is -2.19. The van der Waals surface area contributed by atoms with Crippen molar-refractivity contribution in [3.8, 4) is 11.3 Å². The monoisotopic (exact) mass is 361 g/mol. The summed E-state index contributed by atoms with van der Waals surface area (Å²) >= 11 is 0. The van der Waals surface area contributed by atoms with Gasteiger partial charge < -0.3 is 4.42 Å². The maximum absolute atomic E-state index is 12.9. The minimum atomic E-state index is -0.566. The molecule has 1 fully saturated rings. The van der Waals surface area contributed by atoms with E-state index in [1.54, 1.807) is 13.1 Å². The highest BCUT2D eigenvalue weighted by molar-refractivity contribution is 6.13.